The largest absolute Gasteiger partial charge is 0.347 e. The second-order valence-electron chi connectivity index (χ2n) is 7.39. The lowest BCUT2D eigenvalue weighted by atomic mass is 10.1. The first-order valence-electron chi connectivity index (χ1n) is 9.46. The van der Waals surface area contributed by atoms with Crippen molar-refractivity contribution >= 4 is 17.6 Å². The van der Waals surface area contributed by atoms with Crippen molar-refractivity contribution in [2.75, 3.05) is 43.9 Å². The fraction of sp³-hybridized carbons (Fsp3) is 0.667. The number of aromatic nitrogens is 5. The van der Waals surface area contributed by atoms with Gasteiger partial charge in [-0.3, -0.25) is 4.68 Å². The molecule has 0 atom stereocenters. The van der Waals surface area contributed by atoms with Gasteiger partial charge in [0.15, 0.2) is 0 Å². The van der Waals surface area contributed by atoms with E-state index in [1.54, 1.807) is 0 Å². The lowest BCUT2D eigenvalue weighted by molar-refractivity contribution is 0.218. The molecule has 1 N–H and O–H groups in total. The van der Waals surface area contributed by atoms with E-state index in [1.807, 2.05) is 36.1 Å². The molecule has 0 amide bonds. The maximum Gasteiger partial charge on any atom is 0.232 e. The molecular formula is C18H30N8. The van der Waals surface area contributed by atoms with Crippen LogP contribution in [-0.2, 0) is 6.54 Å². The number of nitrogens with zero attached hydrogens (tertiary/aromatic N) is 7. The standard InChI is InChI=1S/C18H30N8/c1-14(2)16-21-17(23-18(22-16)24(3)4)20-15-12-19-26(13-15)11-10-25-8-6-5-7-9-25/h12-14H,5-11H2,1-4H3,(H,20,21,22,23). The summed E-state index contributed by atoms with van der Waals surface area (Å²) in [5.41, 5.74) is 0.897. The van der Waals surface area contributed by atoms with Crippen LogP contribution < -0.4 is 10.2 Å². The Morgan fingerprint density at radius 3 is 2.54 bits per heavy atom. The molecule has 2 aromatic rings. The molecule has 142 valence electrons. The minimum atomic E-state index is 0.240. The van der Waals surface area contributed by atoms with E-state index in [0.717, 1.165) is 24.6 Å². The zero-order valence-electron chi connectivity index (χ0n) is 16.3. The third-order valence-electron chi connectivity index (χ3n) is 4.54. The Hall–Kier alpha value is -2.22. The molecule has 1 fully saturated rings. The zero-order chi connectivity index (χ0) is 18.5. The Bertz CT molecular complexity index is 677. The Morgan fingerprint density at radius 1 is 1.08 bits per heavy atom. The fourth-order valence-corrected chi connectivity index (χ4v) is 3.00. The summed E-state index contributed by atoms with van der Waals surface area (Å²) in [4.78, 5) is 17.9. The second-order valence-corrected chi connectivity index (χ2v) is 7.39. The fourth-order valence-electron chi connectivity index (χ4n) is 3.00. The zero-order valence-corrected chi connectivity index (χ0v) is 16.3. The van der Waals surface area contributed by atoms with E-state index < -0.39 is 0 Å². The third kappa shape index (κ3) is 4.91. The first-order chi connectivity index (χ1) is 12.5. The highest BCUT2D eigenvalue weighted by Gasteiger charge is 2.13. The molecule has 3 heterocycles. The lowest BCUT2D eigenvalue weighted by Gasteiger charge is -2.26. The SMILES string of the molecule is CC(C)c1nc(Nc2cnn(CCN3CCCCC3)c2)nc(N(C)C)n1. The Morgan fingerprint density at radius 2 is 1.85 bits per heavy atom. The van der Waals surface area contributed by atoms with Gasteiger partial charge in [-0.1, -0.05) is 20.3 Å². The monoisotopic (exact) mass is 358 g/mol. The molecule has 0 aromatic carbocycles. The molecule has 0 spiro atoms. The topological polar surface area (TPSA) is 75.0 Å². The van der Waals surface area contributed by atoms with E-state index in [2.05, 4.69) is 44.1 Å². The smallest absolute Gasteiger partial charge is 0.232 e. The lowest BCUT2D eigenvalue weighted by Crippen LogP contribution is -2.32. The van der Waals surface area contributed by atoms with Gasteiger partial charge in [-0.05, 0) is 25.9 Å². The van der Waals surface area contributed by atoms with Crippen molar-refractivity contribution in [3.05, 3.63) is 18.2 Å². The predicted molar refractivity (Wildman–Crippen MR) is 104 cm³/mol. The van der Waals surface area contributed by atoms with Crippen LogP contribution in [0.3, 0.4) is 0 Å². The summed E-state index contributed by atoms with van der Waals surface area (Å²) in [6.07, 6.45) is 7.84. The first kappa shape index (κ1) is 18.6. The van der Waals surface area contributed by atoms with Gasteiger partial charge in [0.1, 0.15) is 5.82 Å². The molecule has 0 saturated carbocycles. The number of rotatable bonds is 7. The number of piperidine rings is 1. The molecule has 8 heteroatoms. The van der Waals surface area contributed by atoms with E-state index in [1.165, 1.54) is 32.4 Å². The molecular weight excluding hydrogens is 328 g/mol. The molecule has 0 aliphatic carbocycles. The van der Waals surface area contributed by atoms with Gasteiger partial charge in [-0.15, -0.1) is 0 Å². The van der Waals surface area contributed by atoms with Gasteiger partial charge in [0.25, 0.3) is 0 Å². The second kappa shape index (κ2) is 8.44. The molecule has 1 saturated heterocycles. The van der Waals surface area contributed by atoms with Crippen molar-refractivity contribution in [2.45, 2.75) is 45.6 Å². The summed E-state index contributed by atoms with van der Waals surface area (Å²) in [6, 6.07) is 0. The van der Waals surface area contributed by atoms with Gasteiger partial charge in [0.2, 0.25) is 11.9 Å². The normalized spacial score (nSPS) is 15.4. The van der Waals surface area contributed by atoms with E-state index >= 15 is 0 Å². The first-order valence-corrected chi connectivity index (χ1v) is 9.46. The maximum absolute atomic E-state index is 4.53. The van der Waals surface area contributed by atoms with Crippen molar-refractivity contribution in [1.29, 1.82) is 0 Å². The number of likely N-dealkylation sites (tertiary alicyclic amines) is 1. The van der Waals surface area contributed by atoms with Gasteiger partial charge < -0.3 is 15.1 Å². The van der Waals surface area contributed by atoms with Gasteiger partial charge in [-0.2, -0.15) is 20.1 Å². The van der Waals surface area contributed by atoms with Gasteiger partial charge in [0, 0.05) is 32.8 Å². The van der Waals surface area contributed by atoms with Gasteiger partial charge in [-0.25, -0.2) is 0 Å². The van der Waals surface area contributed by atoms with Crippen LogP contribution in [0.2, 0.25) is 0 Å². The molecule has 0 radical (unpaired) electrons. The molecule has 3 rings (SSSR count). The highest BCUT2D eigenvalue weighted by atomic mass is 15.3. The van der Waals surface area contributed by atoms with Crippen LogP contribution in [0.4, 0.5) is 17.6 Å². The van der Waals surface area contributed by atoms with Crippen LogP contribution in [0.1, 0.15) is 44.9 Å². The molecule has 1 aliphatic heterocycles. The highest BCUT2D eigenvalue weighted by Crippen LogP contribution is 2.18. The van der Waals surface area contributed by atoms with Crippen molar-refractivity contribution < 1.29 is 0 Å². The molecule has 0 bridgehead atoms. The summed E-state index contributed by atoms with van der Waals surface area (Å²) in [5.74, 6) is 2.24. The Kier molecular flexibility index (Phi) is 6.03. The van der Waals surface area contributed by atoms with Gasteiger partial charge >= 0.3 is 0 Å². The highest BCUT2D eigenvalue weighted by molar-refractivity contribution is 5.51. The number of hydrogen-bond acceptors (Lipinski definition) is 7. The molecule has 8 nitrogen and oxygen atoms in total. The summed E-state index contributed by atoms with van der Waals surface area (Å²) >= 11 is 0. The summed E-state index contributed by atoms with van der Waals surface area (Å²) in [5, 5.41) is 7.72. The van der Waals surface area contributed by atoms with Crippen molar-refractivity contribution in [2.24, 2.45) is 0 Å². The quantitative estimate of drug-likeness (QED) is 0.815. The van der Waals surface area contributed by atoms with Crippen LogP contribution in [-0.4, -0.2) is 63.4 Å². The maximum atomic E-state index is 4.53. The number of hydrogen-bond donors (Lipinski definition) is 1. The average Bonchev–Trinajstić information content (AvgIpc) is 3.08. The van der Waals surface area contributed by atoms with E-state index in [4.69, 9.17) is 0 Å². The molecule has 1 aliphatic rings. The number of nitrogens with one attached hydrogen (secondary N) is 1. The summed E-state index contributed by atoms with van der Waals surface area (Å²) < 4.78 is 1.98. The van der Waals surface area contributed by atoms with Crippen LogP contribution >= 0.6 is 0 Å². The van der Waals surface area contributed by atoms with E-state index in [9.17, 15) is 0 Å². The van der Waals surface area contributed by atoms with Crippen molar-refractivity contribution in [3.63, 3.8) is 0 Å². The average molecular weight is 358 g/mol. The van der Waals surface area contributed by atoms with Crippen LogP contribution in [0.15, 0.2) is 12.4 Å². The van der Waals surface area contributed by atoms with Crippen LogP contribution in [0.5, 0.6) is 0 Å². The number of anilines is 3. The minimum absolute atomic E-state index is 0.240. The van der Waals surface area contributed by atoms with Gasteiger partial charge in [0.05, 0.1) is 18.4 Å². The molecule has 2 aromatic heterocycles. The summed E-state index contributed by atoms with van der Waals surface area (Å²) in [6.45, 7) is 8.54. The van der Waals surface area contributed by atoms with Crippen molar-refractivity contribution in [1.82, 2.24) is 29.6 Å². The minimum Gasteiger partial charge on any atom is -0.347 e. The predicted octanol–water partition coefficient (Wildman–Crippen LogP) is 2.49. The van der Waals surface area contributed by atoms with Crippen molar-refractivity contribution in [3.8, 4) is 0 Å². The Labute approximate surface area is 155 Å². The van der Waals surface area contributed by atoms with E-state index in [-0.39, 0.29) is 5.92 Å². The third-order valence-corrected chi connectivity index (χ3v) is 4.54. The van der Waals surface area contributed by atoms with Crippen LogP contribution in [0, 0.1) is 0 Å². The Balaban J connectivity index is 1.64. The van der Waals surface area contributed by atoms with E-state index in [0.29, 0.717) is 11.9 Å². The molecule has 26 heavy (non-hydrogen) atoms. The van der Waals surface area contributed by atoms with Crippen LogP contribution in [0.25, 0.3) is 0 Å². The summed E-state index contributed by atoms with van der Waals surface area (Å²) in [7, 11) is 3.86. The molecule has 0 unspecified atom stereocenters.